The molecule has 1 amide bonds. The van der Waals surface area contributed by atoms with Crippen molar-refractivity contribution in [3.63, 3.8) is 0 Å². The number of anilines is 3. The number of rotatable bonds is 6. The summed E-state index contributed by atoms with van der Waals surface area (Å²) in [5, 5.41) is 2.93. The van der Waals surface area contributed by atoms with Gasteiger partial charge < -0.3 is 19.9 Å². The molecule has 1 fully saturated rings. The van der Waals surface area contributed by atoms with E-state index in [0.717, 1.165) is 43.4 Å². The van der Waals surface area contributed by atoms with E-state index < -0.39 is 0 Å². The number of pyridine rings is 1. The number of carbonyl (C=O) groups excluding carboxylic acids is 1. The van der Waals surface area contributed by atoms with Crippen LogP contribution in [0, 0.1) is 12.3 Å². The fourth-order valence-electron chi connectivity index (χ4n) is 3.52. The lowest BCUT2D eigenvalue weighted by Gasteiger charge is -2.36. The van der Waals surface area contributed by atoms with Gasteiger partial charge in [-0.1, -0.05) is 12.0 Å². The summed E-state index contributed by atoms with van der Waals surface area (Å²) in [5.41, 5.74) is 2.46. The lowest BCUT2D eigenvalue weighted by molar-refractivity contribution is 0.102. The van der Waals surface area contributed by atoms with Crippen LogP contribution < -0.4 is 19.9 Å². The predicted octanol–water partition coefficient (Wildman–Crippen LogP) is 3.67. The van der Waals surface area contributed by atoms with Crippen LogP contribution in [0.1, 0.15) is 10.4 Å². The Kier molecular flexibility index (Phi) is 6.34. The Morgan fingerprint density at radius 3 is 2.32 bits per heavy atom. The molecule has 1 aliphatic heterocycles. The molecule has 0 aliphatic carbocycles. The molecule has 0 unspecified atom stereocenters. The number of terminal acetylenes is 1. The minimum atomic E-state index is -0.166. The number of aromatic nitrogens is 1. The Morgan fingerprint density at radius 1 is 0.968 bits per heavy atom. The van der Waals surface area contributed by atoms with Gasteiger partial charge in [0.1, 0.15) is 18.2 Å². The molecule has 0 atom stereocenters. The first-order valence-electron chi connectivity index (χ1n) is 10.2. The lowest BCUT2D eigenvalue weighted by atomic mass is 10.2. The summed E-state index contributed by atoms with van der Waals surface area (Å²) in [7, 11) is 0. The normalized spacial score (nSPS) is 13.4. The second kappa shape index (κ2) is 9.68. The van der Waals surface area contributed by atoms with Crippen LogP contribution in [0.2, 0.25) is 0 Å². The molecule has 1 N–H and O–H groups in total. The van der Waals surface area contributed by atoms with E-state index in [1.165, 1.54) is 0 Å². The number of piperazine rings is 1. The zero-order valence-corrected chi connectivity index (χ0v) is 17.2. The number of carbonyl (C=O) groups is 1. The first-order chi connectivity index (χ1) is 15.2. The summed E-state index contributed by atoms with van der Waals surface area (Å²) >= 11 is 0. The first-order valence-corrected chi connectivity index (χ1v) is 10.2. The molecule has 4 rings (SSSR count). The fourth-order valence-corrected chi connectivity index (χ4v) is 3.52. The van der Waals surface area contributed by atoms with Crippen LogP contribution in [0.5, 0.6) is 5.75 Å². The minimum absolute atomic E-state index is 0.166. The number of hydrogen-bond donors (Lipinski definition) is 1. The van der Waals surface area contributed by atoms with E-state index in [4.69, 9.17) is 11.2 Å². The number of nitrogens with one attached hydrogen (secondary N) is 1. The van der Waals surface area contributed by atoms with Crippen molar-refractivity contribution in [3.8, 4) is 18.1 Å². The topological polar surface area (TPSA) is 57.7 Å². The van der Waals surface area contributed by atoms with Gasteiger partial charge in [-0.05, 0) is 60.7 Å². The van der Waals surface area contributed by atoms with Gasteiger partial charge in [0, 0.05) is 49.3 Å². The standard InChI is InChI=1S/C25H24N4O2/c1-2-19-31-23-12-6-20(7-13-23)25(30)27-21-8-10-22(11-9-21)28-15-17-29(18-16-28)24-5-3-4-14-26-24/h1,3-14H,15-19H2,(H,27,30). The van der Waals surface area contributed by atoms with Crippen molar-refractivity contribution in [2.75, 3.05) is 47.9 Å². The maximum atomic E-state index is 12.5. The van der Waals surface area contributed by atoms with Crippen molar-refractivity contribution in [1.82, 2.24) is 4.98 Å². The third-order valence-electron chi connectivity index (χ3n) is 5.18. The van der Waals surface area contributed by atoms with Crippen LogP contribution in [0.25, 0.3) is 0 Å². The molecule has 6 heteroatoms. The monoisotopic (exact) mass is 412 g/mol. The van der Waals surface area contributed by atoms with Gasteiger partial charge in [-0.2, -0.15) is 0 Å². The van der Waals surface area contributed by atoms with Crippen LogP contribution in [-0.2, 0) is 0 Å². The number of nitrogens with zero attached hydrogens (tertiary/aromatic N) is 3. The van der Waals surface area contributed by atoms with E-state index >= 15 is 0 Å². The van der Waals surface area contributed by atoms with Gasteiger partial charge in [0.25, 0.3) is 5.91 Å². The smallest absolute Gasteiger partial charge is 0.255 e. The minimum Gasteiger partial charge on any atom is -0.481 e. The van der Waals surface area contributed by atoms with Gasteiger partial charge in [0.15, 0.2) is 0 Å². The average molecular weight is 412 g/mol. The van der Waals surface area contributed by atoms with Crippen LogP contribution in [-0.4, -0.2) is 43.7 Å². The fraction of sp³-hybridized carbons (Fsp3) is 0.200. The molecule has 6 nitrogen and oxygen atoms in total. The Hall–Kier alpha value is -3.98. The van der Waals surface area contributed by atoms with Gasteiger partial charge in [0.2, 0.25) is 0 Å². The molecule has 1 aliphatic rings. The summed E-state index contributed by atoms with van der Waals surface area (Å²) in [5.74, 6) is 3.91. The highest BCUT2D eigenvalue weighted by molar-refractivity contribution is 6.04. The summed E-state index contributed by atoms with van der Waals surface area (Å²) in [6.45, 7) is 3.91. The van der Waals surface area contributed by atoms with E-state index in [-0.39, 0.29) is 12.5 Å². The van der Waals surface area contributed by atoms with Crippen LogP contribution >= 0.6 is 0 Å². The molecule has 31 heavy (non-hydrogen) atoms. The second-order valence-corrected chi connectivity index (χ2v) is 7.18. The molecular weight excluding hydrogens is 388 g/mol. The summed E-state index contributed by atoms with van der Waals surface area (Å²) in [4.78, 5) is 21.6. The van der Waals surface area contributed by atoms with Crippen LogP contribution in [0.3, 0.4) is 0 Å². The lowest BCUT2D eigenvalue weighted by Crippen LogP contribution is -2.46. The molecule has 1 saturated heterocycles. The van der Waals surface area contributed by atoms with E-state index in [2.05, 4.69) is 26.0 Å². The molecular formula is C25H24N4O2. The van der Waals surface area contributed by atoms with Crippen molar-refractivity contribution in [2.45, 2.75) is 0 Å². The maximum absolute atomic E-state index is 12.5. The summed E-state index contributed by atoms with van der Waals surface area (Å²) in [6.07, 6.45) is 7.01. The highest BCUT2D eigenvalue weighted by atomic mass is 16.5. The van der Waals surface area contributed by atoms with E-state index in [0.29, 0.717) is 11.3 Å². The van der Waals surface area contributed by atoms with Crippen molar-refractivity contribution in [3.05, 3.63) is 78.5 Å². The zero-order chi connectivity index (χ0) is 21.5. The number of ether oxygens (including phenoxy) is 1. The van der Waals surface area contributed by atoms with Gasteiger partial charge in [-0.15, -0.1) is 6.42 Å². The third-order valence-corrected chi connectivity index (χ3v) is 5.18. The van der Waals surface area contributed by atoms with Gasteiger partial charge in [-0.25, -0.2) is 4.98 Å². The number of hydrogen-bond acceptors (Lipinski definition) is 5. The average Bonchev–Trinajstić information content (AvgIpc) is 2.84. The highest BCUT2D eigenvalue weighted by Gasteiger charge is 2.18. The summed E-state index contributed by atoms with van der Waals surface area (Å²) in [6, 6.07) is 20.9. The molecule has 156 valence electrons. The van der Waals surface area contributed by atoms with E-state index in [1.54, 1.807) is 24.3 Å². The Morgan fingerprint density at radius 2 is 1.68 bits per heavy atom. The zero-order valence-electron chi connectivity index (χ0n) is 17.2. The Labute approximate surface area is 182 Å². The highest BCUT2D eigenvalue weighted by Crippen LogP contribution is 2.22. The maximum Gasteiger partial charge on any atom is 0.255 e. The molecule has 1 aromatic heterocycles. The number of amides is 1. The quantitative estimate of drug-likeness (QED) is 0.626. The van der Waals surface area contributed by atoms with Gasteiger partial charge in [-0.3, -0.25) is 4.79 Å². The number of benzene rings is 2. The molecule has 0 spiro atoms. The molecule has 0 bridgehead atoms. The molecule has 2 aromatic carbocycles. The summed E-state index contributed by atoms with van der Waals surface area (Å²) < 4.78 is 5.33. The second-order valence-electron chi connectivity index (χ2n) is 7.18. The van der Waals surface area contributed by atoms with E-state index in [1.807, 2.05) is 48.7 Å². The molecule has 0 saturated carbocycles. The Balaban J connectivity index is 1.31. The van der Waals surface area contributed by atoms with Crippen molar-refractivity contribution >= 4 is 23.1 Å². The van der Waals surface area contributed by atoms with Crippen molar-refractivity contribution < 1.29 is 9.53 Å². The first kappa shape index (κ1) is 20.3. The third kappa shape index (κ3) is 5.14. The van der Waals surface area contributed by atoms with Crippen molar-refractivity contribution in [1.29, 1.82) is 0 Å². The van der Waals surface area contributed by atoms with Gasteiger partial charge in [0.05, 0.1) is 0 Å². The predicted molar refractivity (Wildman–Crippen MR) is 124 cm³/mol. The van der Waals surface area contributed by atoms with Crippen LogP contribution in [0.15, 0.2) is 72.9 Å². The van der Waals surface area contributed by atoms with Gasteiger partial charge >= 0.3 is 0 Å². The molecule has 0 radical (unpaired) electrons. The van der Waals surface area contributed by atoms with Crippen LogP contribution in [0.4, 0.5) is 17.2 Å². The SMILES string of the molecule is C#CCOc1ccc(C(=O)Nc2ccc(N3CCN(c4ccccn4)CC3)cc2)cc1. The molecule has 3 aromatic rings. The largest absolute Gasteiger partial charge is 0.481 e. The Bertz CT molecular complexity index is 1040. The molecule has 2 heterocycles. The van der Waals surface area contributed by atoms with E-state index in [9.17, 15) is 4.79 Å². The van der Waals surface area contributed by atoms with Crippen molar-refractivity contribution in [2.24, 2.45) is 0 Å².